The van der Waals surface area contributed by atoms with Crippen LogP contribution in [0.4, 0.5) is 0 Å². The van der Waals surface area contributed by atoms with Crippen molar-refractivity contribution in [3.8, 4) is 0 Å². The van der Waals surface area contributed by atoms with Gasteiger partial charge in [0, 0.05) is 6.42 Å². The first-order chi connectivity index (χ1) is 8.77. The molecule has 0 heterocycles. The molecule has 0 radical (unpaired) electrons. The lowest BCUT2D eigenvalue weighted by atomic mass is 10.1. The van der Waals surface area contributed by atoms with E-state index < -0.39 is 5.97 Å². The highest BCUT2D eigenvalue weighted by Crippen LogP contribution is 2.12. The third-order valence-corrected chi connectivity index (χ3v) is 3.25. The highest BCUT2D eigenvalue weighted by atomic mass is 16.4. The quantitative estimate of drug-likeness (QED) is 0.356. The molecule has 0 aliphatic rings. The Bertz CT molecular complexity index is 209. The smallest absolute Gasteiger partial charge is 0.303 e. The first kappa shape index (κ1) is 17.2. The van der Waals surface area contributed by atoms with E-state index in [0.717, 1.165) is 12.8 Å². The van der Waals surface area contributed by atoms with Crippen molar-refractivity contribution in [2.45, 2.75) is 84.0 Å². The molecular weight excluding hydrogens is 224 g/mol. The molecule has 0 aromatic heterocycles. The summed E-state index contributed by atoms with van der Waals surface area (Å²) in [5, 5.41) is 8.49. The number of unbranched alkanes of at least 4 members (excludes halogenated alkanes) is 10. The van der Waals surface area contributed by atoms with Gasteiger partial charge < -0.3 is 5.11 Å². The molecule has 18 heavy (non-hydrogen) atoms. The summed E-state index contributed by atoms with van der Waals surface area (Å²) in [6, 6.07) is 0. The molecule has 0 fully saturated rings. The molecule has 0 aliphatic heterocycles. The zero-order valence-electron chi connectivity index (χ0n) is 12.0. The summed E-state index contributed by atoms with van der Waals surface area (Å²) in [6.07, 6.45) is 18.5. The molecule has 0 aromatic rings. The number of rotatable bonds is 13. The van der Waals surface area contributed by atoms with Crippen LogP contribution in [0.3, 0.4) is 0 Å². The molecule has 0 unspecified atom stereocenters. The van der Waals surface area contributed by atoms with Gasteiger partial charge in [0.1, 0.15) is 0 Å². The molecule has 0 aliphatic carbocycles. The Labute approximate surface area is 112 Å². The van der Waals surface area contributed by atoms with Crippen LogP contribution in [-0.4, -0.2) is 11.1 Å². The van der Waals surface area contributed by atoms with Crippen molar-refractivity contribution in [2.75, 3.05) is 0 Å². The number of allylic oxidation sites excluding steroid dienone is 2. The zero-order valence-corrected chi connectivity index (χ0v) is 12.0. The van der Waals surface area contributed by atoms with Gasteiger partial charge in [-0.3, -0.25) is 4.79 Å². The van der Waals surface area contributed by atoms with Crippen molar-refractivity contribution in [3.05, 3.63) is 12.2 Å². The Morgan fingerprint density at radius 1 is 0.833 bits per heavy atom. The molecule has 0 rings (SSSR count). The second-order valence-electron chi connectivity index (χ2n) is 5.04. The molecule has 0 bridgehead atoms. The molecule has 1 N–H and O–H groups in total. The minimum atomic E-state index is -0.659. The third-order valence-electron chi connectivity index (χ3n) is 3.25. The molecule has 2 nitrogen and oxygen atoms in total. The molecule has 0 saturated heterocycles. The SMILES string of the molecule is C/C=C\CCCCCCCCCCCCC(=O)O. The summed E-state index contributed by atoms with van der Waals surface area (Å²) in [6.45, 7) is 2.08. The van der Waals surface area contributed by atoms with E-state index in [4.69, 9.17) is 5.11 Å². The van der Waals surface area contributed by atoms with Crippen molar-refractivity contribution >= 4 is 5.97 Å². The summed E-state index contributed by atoms with van der Waals surface area (Å²) in [4.78, 5) is 10.3. The van der Waals surface area contributed by atoms with Crippen molar-refractivity contribution in [1.82, 2.24) is 0 Å². The molecule has 2 heteroatoms. The van der Waals surface area contributed by atoms with E-state index in [-0.39, 0.29) is 0 Å². The van der Waals surface area contributed by atoms with Crippen LogP contribution in [0.1, 0.15) is 84.0 Å². The topological polar surface area (TPSA) is 37.3 Å². The fourth-order valence-corrected chi connectivity index (χ4v) is 2.12. The van der Waals surface area contributed by atoms with Crippen LogP contribution in [-0.2, 0) is 4.79 Å². The predicted octanol–water partition coefficient (Wildman–Crippen LogP) is 5.33. The lowest BCUT2D eigenvalue weighted by molar-refractivity contribution is -0.137. The number of carboxylic acid groups (broad SMARTS) is 1. The van der Waals surface area contributed by atoms with Crippen LogP contribution in [0.25, 0.3) is 0 Å². The Balaban J connectivity index is 2.96. The molecule has 0 atom stereocenters. The Morgan fingerprint density at radius 2 is 1.28 bits per heavy atom. The van der Waals surface area contributed by atoms with E-state index in [9.17, 15) is 4.79 Å². The maximum atomic E-state index is 10.3. The van der Waals surface area contributed by atoms with Crippen LogP contribution in [0, 0.1) is 0 Å². The minimum Gasteiger partial charge on any atom is -0.481 e. The van der Waals surface area contributed by atoms with Gasteiger partial charge in [-0.15, -0.1) is 0 Å². The molecule has 0 saturated carbocycles. The van der Waals surface area contributed by atoms with Crippen LogP contribution < -0.4 is 0 Å². The third kappa shape index (κ3) is 15.2. The average molecular weight is 254 g/mol. The highest BCUT2D eigenvalue weighted by molar-refractivity contribution is 5.66. The Kier molecular flexibility index (Phi) is 13.6. The molecule has 0 spiro atoms. The highest BCUT2D eigenvalue weighted by Gasteiger charge is 1.96. The van der Waals surface area contributed by atoms with Gasteiger partial charge >= 0.3 is 5.97 Å². The second kappa shape index (κ2) is 14.3. The first-order valence-corrected chi connectivity index (χ1v) is 7.60. The fourth-order valence-electron chi connectivity index (χ4n) is 2.12. The largest absolute Gasteiger partial charge is 0.481 e. The molecular formula is C16H30O2. The lowest BCUT2D eigenvalue weighted by Crippen LogP contribution is -1.93. The van der Waals surface area contributed by atoms with Crippen molar-refractivity contribution < 1.29 is 9.90 Å². The van der Waals surface area contributed by atoms with Gasteiger partial charge in [-0.1, -0.05) is 63.5 Å². The van der Waals surface area contributed by atoms with Gasteiger partial charge in [-0.2, -0.15) is 0 Å². The van der Waals surface area contributed by atoms with E-state index >= 15 is 0 Å². The number of carboxylic acids is 1. The first-order valence-electron chi connectivity index (χ1n) is 7.60. The van der Waals surface area contributed by atoms with Gasteiger partial charge in [0.05, 0.1) is 0 Å². The molecule has 106 valence electrons. The van der Waals surface area contributed by atoms with Crippen LogP contribution in [0.15, 0.2) is 12.2 Å². The fraction of sp³-hybridized carbons (Fsp3) is 0.812. The normalized spacial score (nSPS) is 11.2. The average Bonchev–Trinajstić information content (AvgIpc) is 2.34. The zero-order chi connectivity index (χ0) is 13.5. The van der Waals surface area contributed by atoms with Crippen LogP contribution >= 0.6 is 0 Å². The van der Waals surface area contributed by atoms with E-state index in [0.29, 0.717) is 6.42 Å². The van der Waals surface area contributed by atoms with Gasteiger partial charge in [0.25, 0.3) is 0 Å². The number of aliphatic carboxylic acids is 1. The van der Waals surface area contributed by atoms with Crippen LogP contribution in [0.5, 0.6) is 0 Å². The van der Waals surface area contributed by atoms with Gasteiger partial charge in [-0.25, -0.2) is 0 Å². The summed E-state index contributed by atoms with van der Waals surface area (Å²) in [7, 11) is 0. The molecule has 0 aromatic carbocycles. The summed E-state index contributed by atoms with van der Waals surface area (Å²) >= 11 is 0. The Morgan fingerprint density at radius 3 is 1.72 bits per heavy atom. The van der Waals surface area contributed by atoms with Gasteiger partial charge in [0.15, 0.2) is 0 Å². The van der Waals surface area contributed by atoms with Gasteiger partial charge in [-0.05, 0) is 26.2 Å². The second-order valence-corrected chi connectivity index (χ2v) is 5.04. The maximum Gasteiger partial charge on any atom is 0.303 e. The van der Waals surface area contributed by atoms with E-state index in [2.05, 4.69) is 19.1 Å². The number of carbonyl (C=O) groups is 1. The summed E-state index contributed by atoms with van der Waals surface area (Å²) in [5.41, 5.74) is 0. The minimum absolute atomic E-state index is 0.339. The summed E-state index contributed by atoms with van der Waals surface area (Å²) < 4.78 is 0. The maximum absolute atomic E-state index is 10.3. The van der Waals surface area contributed by atoms with E-state index in [1.165, 1.54) is 57.8 Å². The van der Waals surface area contributed by atoms with E-state index in [1.54, 1.807) is 0 Å². The number of hydrogen-bond donors (Lipinski definition) is 1. The Hall–Kier alpha value is -0.790. The van der Waals surface area contributed by atoms with Crippen LogP contribution in [0.2, 0.25) is 0 Å². The van der Waals surface area contributed by atoms with E-state index in [1.807, 2.05) is 0 Å². The predicted molar refractivity (Wildman–Crippen MR) is 77.9 cm³/mol. The standard InChI is InChI=1S/C16H30O2/c1-2-3-4-5-6-7-8-9-10-11-12-13-14-15-16(17)18/h2-3H,4-15H2,1H3,(H,17,18)/b3-2-. The molecule has 0 amide bonds. The number of hydrogen-bond acceptors (Lipinski definition) is 1. The van der Waals surface area contributed by atoms with Crippen molar-refractivity contribution in [2.24, 2.45) is 0 Å². The lowest BCUT2D eigenvalue weighted by Gasteiger charge is -2.01. The van der Waals surface area contributed by atoms with Gasteiger partial charge in [0.2, 0.25) is 0 Å². The summed E-state index contributed by atoms with van der Waals surface area (Å²) in [5.74, 6) is -0.659. The monoisotopic (exact) mass is 254 g/mol. The van der Waals surface area contributed by atoms with Crippen molar-refractivity contribution in [1.29, 1.82) is 0 Å². The van der Waals surface area contributed by atoms with Crippen molar-refractivity contribution in [3.63, 3.8) is 0 Å².